The number of carboxylic acids is 1. The lowest BCUT2D eigenvalue weighted by molar-refractivity contribution is -0.460. The summed E-state index contributed by atoms with van der Waals surface area (Å²) in [4.78, 5) is 26.9. The molecular weight excluding hydrogens is 364 g/mol. The molecule has 0 bridgehead atoms. The van der Waals surface area contributed by atoms with E-state index in [-0.39, 0.29) is 5.57 Å². The molecule has 0 amide bonds. The van der Waals surface area contributed by atoms with Crippen LogP contribution in [0.4, 0.5) is 5.69 Å². The topological polar surface area (TPSA) is 127 Å². The van der Waals surface area contributed by atoms with Crippen LogP contribution in [0.25, 0.3) is 5.57 Å². The van der Waals surface area contributed by atoms with Gasteiger partial charge in [-0.15, -0.1) is 0 Å². The van der Waals surface area contributed by atoms with Crippen LogP contribution in [0.3, 0.4) is 0 Å². The van der Waals surface area contributed by atoms with Crippen LogP contribution in [-0.2, 0) is 9.53 Å². The number of anilines is 1. The van der Waals surface area contributed by atoms with Crippen molar-refractivity contribution in [2.45, 2.75) is 13.0 Å². The lowest BCUT2D eigenvalue weighted by Gasteiger charge is -2.16. The number of carbonyl (C=O) groups is 1. The third kappa shape index (κ3) is 3.50. The number of carboxylic acid groups (broad SMARTS) is 1. The molecule has 28 heavy (non-hydrogen) atoms. The number of rotatable bonds is 5. The molecule has 0 aliphatic carbocycles. The minimum Gasteiger partial charge on any atom is -0.479 e. The van der Waals surface area contributed by atoms with Crippen LogP contribution >= 0.6 is 0 Å². The second-order valence-corrected chi connectivity index (χ2v) is 6.01. The molecular formula is C19H18N4O5. The van der Waals surface area contributed by atoms with Crippen molar-refractivity contribution in [2.24, 2.45) is 0 Å². The van der Waals surface area contributed by atoms with Gasteiger partial charge in [-0.1, -0.05) is 24.3 Å². The van der Waals surface area contributed by atoms with E-state index in [1.54, 1.807) is 55.7 Å². The highest BCUT2D eigenvalue weighted by Gasteiger charge is 2.35. The fourth-order valence-electron chi connectivity index (χ4n) is 3.09. The van der Waals surface area contributed by atoms with Gasteiger partial charge >= 0.3 is 11.9 Å². The molecule has 0 fully saturated rings. The number of benzene rings is 1. The number of hydrogen-bond donors (Lipinski definition) is 3. The van der Waals surface area contributed by atoms with Crippen LogP contribution in [0.2, 0.25) is 0 Å². The van der Waals surface area contributed by atoms with Crippen LogP contribution in [0.1, 0.15) is 24.1 Å². The molecule has 0 spiro atoms. The average Bonchev–Trinajstić information content (AvgIpc) is 2.79. The Morgan fingerprint density at radius 3 is 2.57 bits per heavy atom. The number of pyridine rings is 1. The normalized spacial score (nSPS) is 17.7. The van der Waals surface area contributed by atoms with E-state index in [0.717, 1.165) is 0 Å². The molecule has 1 unspecified atom stereocenters. The molecule has 3 rings (SSSR count). The summed E-state index contributed by atoms with van der Waals surface area (Å²) < 4.78 is 5.09. The summed E-state index contributed by atoms with van der Waals surface area (Å²) in [6, 6.07) is 8.95. The zero-order valence-corrected chi connectivity index (χ0v) is 15.2. The van der Waals surface area contributed by atoms with E-state index >= 15 is 0 Å². The second kappa shape index (κ2) is 7.78. The zero-order valence-electron chi connectivity index (χ0n) is 15.2. The SMILES string of the molecule is COC(=C1C(Nc2ccncc2)=C(C)NC(C(=O)O)c2ccccc21)[N+](=O)[O-]. The van der Waals surface area contributed by atoms with Crippen LogP contribution in [0.15, 0.2) is 66.1 Å². The fourth-order valence-corrected chi connectivity index (χ4v) is 3.09. The van der Waals surface area contributed by atoms with Gasteiger partial charge in [-0.05, 0) is 24.6 Å². The summed E-state index contributed by atoms with van der Waals surface area (Å²) in [6.45, 7) is 1.65. The van der Waals surface area contributed by atoms with E-state index < -0.39 is 22.8 Å². The first-order valence-electron chi connectivity index (χ1n) is 8.33. The molecule has 1 aromatic carbocycles. The van der Waals surface area contributed by atoms with E-state index in [1.165, 1.54) is 7.11 Å². The lowest BCUT2D eigenvalue weighted by atomic mass is 9.94. The highest BCUT2D eigenvalue weighted by molar-refractivity contribution is 5.89. The molecule has 2 aromatic rings. The molecule has 3 N–H and O–H groups in total. The van der Waals surface area contributed by atoms with Crippen molar-refractivity contribution in [2.75, 3.05) is 12.4 Å². The number of ether oxygens (including phenoxy) is 1. The number of nitrogens with zero attached hydrogens (tertiary/aromatic N) is 2. The third-order valence-electron chi connectivity index (χ3n) is 4.30. The van der Waals surface area contributed by atoms with Crippen LogP contribution in [0.5, 0.6) is 0 Å². The van der Waals surface area contributed by atoms with Gasteiger partial charge < -0.3 is 20.5 Å². The van der Waals surface area contributed by atoms with E-state index in [4.69, 9.17) is 4.74 Å². The van der Waals surface area contributed by atoms with Gasteiger partial charge in [-0.2, -0.15) is 0 Å². The number of allylic oxidation sites excluding steroid dienone is 2. The first-order chi connectivity index (χ1) is 13.4. The Balaban J connectivity index is 2.32. The van der Waals surface area contributed by atoms with Crippen molar-refractivity contribution in [3.05, 3.63) is 87.3 Å². The number of nitro groups is 1. The Bertz CT molecular complexity index is 985. The molecule has 0 saturated carbocycles. The highest BCUT2D eigenvalue weighted by atomic mass is 16.7. The van der Waals surface area contributed by atoms with Crippen molar-refractivity contribution in [3.8, 4) is 0 Å². The maximum absolute atomic E-state index is 11.9. The third-order valence-corrected chi connectivity index (χ3v) is 4.30. The predicted molar refractivity (Wildman–Crippen MR) is 101 cm³/mol. The molecule has 1 aromatic heterocycles. The van der Waals surface area contributed by atoms with E-state index in [0.29, 0.717) is 28.2 Å². The molecule has 0 saturated heterocycles. The van der Waals surface area contributed by atoms with Crippen LogP contribution in [-0.4, -0.2) is 28.1 Å². The monoisotopic (exact) mass is 382 g/mol. The Morgan fingerprint density at radius 2 is 1.96 bits per heavy atom. The number of hydrogen-bond acceptors (Lipinski definition) is 7. The largest absolute Gasteiger partial charge is 0.479 e. The number of nitrogens with one attached hydrogen (secondary N) is 2. The lowest BCUT2D eigenvalue weighted by Crippen LogP contribution is -2.27. The molecule has 2 heterocycles. The van der Waals surface area contributed by atoms with Gasteiger partial charge in [0, 0.05) is 29.3 Å². The summed E-state index contributed by atoms with van der Waals surface area (Å²) >= 11 is 0. The Labute approximate surface area is 160 Å². The van der Waals surface area contributed by atoms with Gasteiger partial charge in [0.1, 0.15) is 10.5 Å². The van der Waals surface area contributed by atoms with Gasteiger partial charge in [-0.3, -0.25) is 15.1 Å². The number of aromatic nitrogens is 1. The minimum atomic E-state index is -1.10. The van der Waals surface area contributed by atoms with E-state index in [9.17, 15) is 20.0 Å². The molecule has 144 valence electrons. The molecule has 1 aliphatic heterocycles. The van der Waals surface area contributed by atoms with Crippen LogP contribution in [0, 0.1) is 10.1 Å². The van der Waals surface area contributed by atoms with E-state index in [2.05, 4.69) is 15.6 Å². The van der Waals surface area contributed by atoms with Crippen molar-refractivity contribution >= 4 is 17.2 Å². The second-order valence-electron chi connectivity index (χ2n) is 6.01. The first kappa shape index (κ1) is 18.9. The summed E-state index contributed by atoms with van der Waals surface area (Å²) in [6.07, 6.45) is 3.15. The Kier molecular flexibility index (Phi) is 5.25. The molecule has 1 aliphatic rings. The van der Waals surface area contributed by atoms with E-state index in [1.807, 2.05) is 0 Å². The quantitative estimate of drug-likeness (QED) is 0.409. The number of aliphatic carboxylic acids is 1. The molecule has 9 heteroatoms. The standard InChI is InChI=1S/C19H18N4O5/c1-11-16(22-12-7-9-20-10-8-12)15(18(28-2)23(26)27)13-5-3-4-6-14(13)17(21-11)19(24)25/h3-10,17,21H,1-2H3,(H,20,22)(H,24,25). The van der Waals surface area contributed by atoms with Crippen molar-refractivity contribution in [1.82, 2.24) is 10.3 Å². The predicted octanol–water partition coefficient (Wildman–Crippen LogP) is 2.75. The summed E-state index contributed by atoms with van der Waals surface area (Å²) in [5, 5.41) is 27.5. The van der Waals surface area contributed by atoms with Crippen LogP contribution < -0.4 is 10.6 Å². The summed E-state index contributed by atoms with van der Waals surface area (Å²) in [7, 11) is 1.21. The molecule has 0 radical (unpaired) electrons. The minimum absolute atomic E-state index is 0.161. The Hall–Kier alpha value is -3.88. The van der Waals surface area contributed by atoms with Gasteiger partial charge in [0.05, 0.1) is 12.8 Å². The maximum atomic E-state index is 11.9. The Morgan fingerprint density at radius 1 is 1.29 bits per heavy atom. The van der Waals surface area contributed by atoms with Gasteiger partial charge in [0.25, 0.3) is 0 Å². The smallest absolute Gasteiger partial charge is 0.437 e. The summed E-state index contributed by atoms with van der Waals surface area (Å²) in [5.41, 5.74) is 2.35. The molecule has 9 nitrogen and oxygen atoms in total. The number of fused-ring (bicyclic) bond motifs is 1. The van der Waals surface area contributed by atoms with Crippen molar-refractivity contribution in [3.63, 3.8) is 0 Å². The highest BCUT2D eigenvalue weighted by Crippen LogP contribution is 2.37. The van der Waals surface area contributed by atoms with Crippen molar-refractivity contribution < 1.29 is 19.6 Å². The zero-order chi connectivity index (χ0) is 20.3. The fraction of sp³-hybridized carbons (Fsp3) is 0.158. The molecule has 1 atom stereocenters. The summed E-state index contributed by atoms with van der Waals surface area (Å²) in [5.74, 6) is -1.59. The average molecular weight is 382 g/mol. The van der Waals surface area contributed by atoms with Crippen molar-refractivity contribution in [1.29, 1.82) is 0 Å². The maximum Gasteiger partial charge on any atom is 0.437 e. The van der Waals surface area contributed by atoms with Gasteiger partial charge in [-0.25, -0.2) is 4.79 Å². The van der Waals surface area contributed by atoms with Gasteiger partial charge in [0.2, 0.25) is 0 Å². The number of methoxy groups -OCH3 is 1. The van der Waals surface area contributed by atoms with Gasteiger partial charge in [0.15, 0.2) is 6.04 Å². The first-order valence-corrected chi connectivity index (χ1v) is 8.33.